The van der Waals surface area contributed by atoms with Crippen LogP contribution in [-0.2, 0) is 23.7 Å². The smallest absolute Gasteiger partial charge is 0.269 e. The third-order valence-corrected chi connectivity index (χ3v) is 4.14. The molecule has 0 atom stereocenters. The largest absolute Gasteiger partial charge is 0.364 e. The molecule has 0 spiro atoms. The number of anilines is 1. The van der Waals surface area contributed by atoms with Crippen LogP contribution in [-0.4, -0.2) is 26.9 Å². The van der Waals surface area contributed by atoms with E-state index in [-0.39, 0.29) is 11.6 Å². The number of hydrogen-bond donors (Lipinski definition) is 2. The van der Waals surface area contributed by atoms with Crippen molar-refractivity contribution in [3.63, 3.8) is 0 Å². The van der Waals surface area contributed by atoms with Gasteiger partial charge in [0, 0.05) is 12.4 Å². The number of rotatable bonds is 6. The van der Waals surface area contributed by atoms with Crippen LogP contribution in [0.5, 0.6) is 0 Å². The molecule has 1 aromatic carbocycles. The Kier molecular flexibility index (Phi) is 16.6. The Morgan fingerprint density at radius 3 is 2.00 bits per heavy atom. The molecule has 0 unspecified atom stereocenters. The van der Waals surface area contributed by atoms with Gasteiger partial charge in [-0.2, -0.15) is 5.10 Å². The highest BCUT2D eigenvalue weighted by Crippen LogP contribution is 2.28. The number of aryl methyl sites for hydroxylation is 2. The van der Waals surface area contributed by atoms with E-state index in [0.29, 0.717) is 17.8 Å². The molecule has 2 rings (SSSR count). The van der Waals surface area contributed by atoms with Crippen LogP contribution in [0.15, 0.2) is 30.3 Å². The first-order valence-electron chi connectivity index (χ1n) is 11.0. The zero-order valence-electron chi connectivity index (χ0n) is 20.7. The maximum atomic E-state index is 12.9. The first-order chi connectivity index (χ1) is 14.7. The first-order valence-corrected chi connectivity index (χ1v) is 12.1. The molecule has 31 heavy (non-hydrogen) atoms. The molecule has 1 aromatic heterocycles. The van der Waals surface area contributed by atoms with Gasteiger partial charge in [0.2, 0.25) is 5.91 Å². The van der Waals surface area contributed by atoms with Gasteiger partial charge < -0.3 is 11.1 Å². The fourth-order valence-electron chi connectivity index (χ4n) is 2.66. The predicted molar refractivity (Wildman–Crippen MR) is 136 cm³/mol. The van der Waals surface area contributed by atoms with Crippen molar-refractivity contribution in [1.82, 2.24) is 9.78 Å². The Morgan fingerprint density at radius 1 is 1.10 bits per heavy atom. The summed E-state index contributed by atoms with van der Waals surface area (Å²) >= 11 is 3.15. The van der Waals surface area contributed by atoms with Crippen molar-refractivity contribution in [2.45, 2.75) is 73.6 Å². The standard InChI is InChI=1S/C18H24N4O2.C2H5Br.2C2H6/c1-5-9-13-14(15(16(19)23)22(4)21-13)20-17(24)18(2,3)12-10-7-6-8-11-12;1-2-3;2*1-2/h6-8,10-11H,5,9H2,1-4H3,(H2,19,23)(H,20,24);2H2,1H3;2*1-2H3. The van der Waals surface area contributed by atoms with E-state index in [1.165, 1.54) is 4.68 Å². The molecule has 7 heteroatoms. The van der Waals surface area contributed by atoms with Gasteiger partial charge in [-0.3, -0.25) is 14.3 Å². The highest BCUT2D eigenvalue weighted by Gasteiger charge is 2.32. The molecule has 0 bridgehead atoms. The van der Waals surface area contributed by atoms with Crippen molar-refractivity contribution < 1.29 is 9.59 Å². The van der Waals surface area contributed by atoms with Crippen molar-refractivity contribution in [1.29, 1.82) is 0 Å². The molecule has 0 saturated carbocycles. The Labute approximate surface area is 197 Å². The molecular formula is C24H41BrN4O2. The summed E-state index contributed by atoms with van der Waals surface area (Å²) in [6.45, 7) is 15.7. The number of nitrogens with one attached hydrogen (secondary N) is 1. The number of benzene rings is 1. The summed E-state index contributed by atoms with van der Waals surface area (Å²) in [4.78, 5) is 24.6. The van der Waals surface area contributed by atoms with Crippen LogP contribution < -0.4 is 11.1 Å². The van der Waals surface area contributed by atoms with E-state index in [2.05, 4.69) is 26.3 Å². The van der Waals surface area contributed by atoms with E-state index in [4.69, 9.17) is 5.73 Å². The quantitative estimate of drug-likeness (QED) is 0.491. The number of nitrogens with zero attached hydrogens (tertiary/aromatic N) is 2. The van der Waals surface area contributed by atoms with Crippen molar-refractivity contribution in [3.05, 3.63) is 47.3 Å². The Bertz CT molecular complexity index is 771. The second-order valence-corrected chi connectivity index (χ2v) is 7.74. The Hall–Kier alpha value is -2.15. The maximum Gasteiger partial charge on any atom is 0.269 e. The number of halogens is 1. The number of nitrogens with two attached hydrogens (primary N) is 1. The molecule has 2 aromatic rings. The molecule has 1 heterocycles. The van der Waals surface area contributed by atoms with Crippen LogP contribution in [0, 0.1) is 0 Å². The molecule has 0 aliphatic rings. The summed E-state index contributed by atoms with van der Waals surface area (Å²) in [5.74, 6) is -0.818. The predicted octanol–water partition coefficient (Wildman–Crippen LogP) is 5.84. The highest BCUT2D eigenvalue weighted by atomic mass is 79.9. The summed E-state index contributed by atoms with van der Waals surface area (Å²) in [7, 11) is 1.65. The first kappa shape index (κ1) is 31.0. The lowest BCUT2D eigenvalue weighted by molar-refractivity contribution is -0.120. The van der Waals surface area contributed by atoms with Crippen LogP contribution in [0.2, 0.25) is 0 Å². The average molecular weight is 498 g/mol. The second kappa shape index (κ2) is 16.5. The maximum absolute atomic E-state index is 12.9. The average Bonchev–Trinajstić information content (AvgIpc) is 3.07. The van der Waals surface area contributed by atoms with Gasteiger partial charge in [-0.05, 0) is 25.8 Å². The number of amides is 2. The fourth-order valence-corrected chi connectivity index (χ4v) is 2.66. The number of aromatic nitrogens is 2. The summed E-state index contributed by atoms with van der Waals surface area (Å²) < 4.78 is 1.43. The molecule has 0 radical (unpaired) electrons. The van der Waals surface area contributed by atoms with Gasteiger partial charge in [-0.25, -0.2) is 0 Å². The fraction of sp³-hybridized carbons (Fsp3) is 0.542. The van der Waals surface area contributed by atoms with Crippen LogP contribution >= 0.6 is 15.9 Å². The van der Waals surface area contributed by atoms with E-state index in [9.17, 15) is 9.59 Å². The minimum atomic E-state index is -0.754. The van der Waals surface area contributed by atoms with Crippen molar-refractivity contribution in [3.8, 4) is 0 Å². The van der Waals surface area contributed by atoms with Gasteiger partial charge in [0.05, 0.1) is 16.8 Å². The van der Waals surface area contributed by atoms with Gasteiger partial charge in [-0.15, -0.1) is 0 Å². The topological polar surface area (TPSA) is 90.0 Å². The molecule has 6 nitrogen and oxygen atoms in total. The molecule has 0 saturated heterocycles. The minimum absolute atomic E-state index is 0.207. The van der Waals surface area contributed by atoms with Crippen LogP contribution in [0.25, 0.3) is 0 Å². The number of primary amides is 1. The van der Waals surface area contributed by atoms with Crippen LogP contribution in [0.1, 0.15) is 83.6 Å². The summed E-state index contributed by atoms with van der Waals surface area (Å²) in [5.41, 5.74) is 6.92. The molecule has 2 amide bonds. The lowest BCUT2D eigenvalue weighted by atomic mass is 9.83. The van der Waals surface area contributed by atoms with Crippen molar-refractivity contribution in [2.24, 2.45) is 12.8 Å². The Morgan fingerprint density at radius 2 is 1.58 bits per heavy atom. The lowest BCUT2D eigenvalue weighted by Crippen LogP contribution is -2.35. The number of carbonyl (C=O) groups is 2. The van der Waals surface area contributed by atoms with E-state index in [1.54, 1.807) is 7.05 Å². The van der Waals surface area contributed by atoms with E-state index in [1.807, 2.05) is 85.7 Å². The molecule has 0 aliphatic heterocycles. The monoisotopic (exact) mass is 496 g/mol. The molecule has 0 fully saturated rings. The minimum Gasteiger partial charge on any atom is -0.364 e. The summed E-state index contributed by atoms with van der Waals surface area (Å²) in [6, 6.07) is 9.51. The van der Waals surface area contributed by atoms with Crippen molar-refractivity contribution in [2.75, 3.05) is 10.6 Å². The van der Waals surface area contributed by atoms with Crippen LogP contribution in [0.3, 0.4) is 0 Å². The zero-order chi connectivity index (χ0) is 24.6. The SMILES string of the molecule is CC.CC.CCBr.CCCc1nn(C)c(C(N)=O)c1NC(=O)C(C)(C)c1ccccc1. The van der Waals surface area contributed by atoms with Gasteiger partial charge in [0.1, 0.15) is 5.69 Å². The third-order valence-electron chi connectivity index (χ3n) is 4.14. The molecule has 0 aliphatic carbocycles. The van der Waals surface area contributed by atoms with Crippen molar-refractivity contribution >= 4 is 33.4 Å². The molecule has 176 valence electrons. The summed E-state index contributed by atoms with van der Waals surface area (Å²) in [5, 5.41) is 8.27. The third kappa shape index (κ3) is 9.25. The van der Waals surface area contributed by atoms with Crippen LogP contribution in [0.4, 0.5) is 5.69 Å². The molecular weight excluding hydrogens is 456 g/mol. The zero-order valence-corrected chi connectivity index (χ0v) is 22.3. The Balaban J connectivity index is 0. The number of hydrogen-bond acceptors (Lipinski definition) is 3. The normalized spacial score (nSPS) is 9.74. The molecule has 3 N–H and O–H groups in total. The number of carbonyl (C=O) groups excluding carboxylic acids is 2. The van der Waals surface area contributed by atoms with E-state index >= 15 is 0 Å². The highest BCUT2D eigenvalue weighted by molar-refractivity contribution is 9.09. The van der Waals surface area contributed by atoms with E-state index < -0.39 is 11.3 Å². The second-order valence-electron chi connectivity index (χ2n) is 6.62. The van der Waals surface area contributed by atoms with Gasteiger partial charge in [0.15, 0.2) is 0 Å². The van der Waals surface area contributed by atoms with Gasteiger partial charge >= 0.3 is 0 Å². The van der Waals surface area contributed by atoms with Gasteiger partial charge in [-0.1, -0.05) is 94.2 Å². The number of alkyl halides is 1. The van der Waals surface area contributed by atoms with E-state index in [0.717, 1.165) is 17.3 Å². The van der Waals surface area contributed by atoms with Gasteiger partial charge in [0.25, 0.3) is 5.91 Å². The summed E-state index contributed by atoms with van der Waals surface area (Å²) in [6.07, 6.45) is 1.50. The lowest BCUT2D eigenvalue weighted by Gasteiger charge is -2.24.